The average Bonchev–Trinajstić information content (AvgIpc) is 3.46. The Morgan fingerprint density at radius 1 is 1.24 bits per heavy atom. The lowest BCUT2D eigenvalue weighted by molar-refractivity contribution is -0.140. The van der Waals surface area contributed by atoms with Crippen LogP contribution < -0.4 is 5.32 Å². The van der Waals surface area contributed by atoms with Gasteiger partial charge in [-0.3, -0.25) is 0 Å². The van der Waals surface area contributed by atoms with Crippen molar-refractivity contribution in [3.8, 4) is 6.07 Å². The summed E-state index contributed by atoms with van der Waals surface area (Å²) in [6, 6.07) is 6.99. The van der Waals surface area contributed by atoms with Crippen LogP contribution in [0.25, 0.3) is 11.0 Å². The van der Waals surface area contributed by atoms with Crippen molar-refractivity contribution < 1.29 is 17.6 Å². The molecule has 148 valence electrons. The molecule has 2 aromatic heterocycles. The van der Waals surface area contributed by atoms with Gasteiger partial charge in [0.2, 0.25) is 0 Å². The number of hydrogen-bond acceptors (Lipinski definition) is 5. The van der Waals surface area contributed by atoms with Gasteiger partial charge in [-0.05, 0) is 25.0 Å². The van der Waals surface area contributed by atoms with E-state index in [0.717, 1.165) is 6.07 Å². The van der Waals surface area contributed by atoms with Gasteiger partial charge in [-0.2, -0.15) is 18.4 Å². The van der Waals surface area contributed by atoms with Gasteiger partial charge in [-0.15, -0.1) is 0 Å². The normalized spacial score (nSPS) is 15.2. The van der Waals surface area contributed by atoms with Crippen LogP contribution >= 0.6 is 11.6 Å². The molecule has 1 aliphatic carbocycles. The maximum Gasteiger partial charge on any atom is 0.419 e. The summed E-state index contributed by atoms with van der Waals surface area (Å²) >= 11 is 6.21. The molecule has 29 heavy (non-hydrogen) atoms. The first-order valence-corrected chi connectivity index (χ1v) is 8.94. The van der Waals surface area contributed by atoms with Crippen molar-refractivity contribution in [1.82, 2.24) is 15.0 Å². The second-order valence-electron chi connectivity index (χ2n) is 6.74. The van der Waals surface area contributed by atoms with Crippen LogP contribution in [0.5, 0.6) is 0 Å². The number of aromatic nitrogens is 3. The number of hydrogen-bond donors (Lipinski definition) is 1. The number of alkyl halides is 3. The number of halogens is 5. The Bertz CT molecular complexity index is 1150. The number of nitriles is 1. The second kappa shape index (κ2) is 6.81. The van der Waals surface area contributed by atoms with Crippen LogP contribution in [-0.4, -0.2) is 15.0 Å². The highest BCUT2D eigenvalue weighted by Gasteiger charge is 2.47. The number of pyridine rings is 1. The quantitative estimate of drug-likeness (QED) is 0.474. The van der Waals surface area contributed by atoms with Crippen LogP contribution in [-0.2, 0) is 18.1 Å². The highest BCUT2D eigenvalue weighted by Crippen LogP contribution is 2.50. The van der Waals surface area contributed by atoms with E-state index in [2.05, 4.69) is 26.3 Å². The molecule has 10 heteroatoms. The number of nitrogens with zero attached hydrogens (tertiary/aromatic N) is 4. The van der Waals surface area contributed by atoms with Crippen LogP contribution in [0.3, 0.4) is 0 Å². The lowest BCUT2D eigenvalue weighted by Crippen LogP contribution is -2.12. The van der Waals surface area contributed by atoms with Crippen LogP contribution in [0.4, 0.5) is 23.4 Å². The Labute approximate surface area is 167 Å². The Balaban J connectivity index is 1.69. The van der Waals surface area contributed by atoms with E-state index < -0.39 is 23.0 Å². The summed E-state index contributed by atoms with van der Waals surface area (Å²) in [5, 5.41) is 12.9. The third kappa shape index (κ3) is 3.44. The number of fused-ring (bicyclic) bond motifs is 1. The molecule has 3 aromatic rings. The fraction of sp³-hybridized carbons (Fsp3) is 0.263. The highest BCUT2D eigenvalue weighted by molar-refractivity contribution is 6.30. The van der Waals surface area contributed by atoms with Crippen LogP contribution in [0.2, 0.25) is 5.15 Å². The van der Waals surface area contributed by atoms with E-state index in [1.54, 1.807) is 6.07 Å². The van der Waals surface area contributed by atoms with Gasteiger partial charge in [0.15, 0.2) is 5.65 Å². The van der Waals surface area contributed by atoms with E-state index in [0.29, 0.717) is 29.9 Å². The molecule has 2 heterocycles. The zero-order valence-corrected chi connectivity index (χ0v) is 15.4. The molecule has 0 saturated heterocycles. The topological polar surface area (TPSA) is 74.5 Å². The van der Waals surface area contributed by atoms with Gasteiger partial charge in [-0.1, -0.05) is 23.7 Å². The molecule has 1 fully saturated rings. The van der Waals surface area contributed by atoms with Crippen molar-refractivity contribution in [2.45, 2.75) is 31.0 Å². The van der Waals surface area contributed by atoms with Crippen molar-refractivity contribution in [2.75, 3.05) is 5.32 Å². The summed E-state index contributed by atoms with van der Waals surface area (Å²) in [6.45, 7) is -0.233. The Morgan fingerprint density at radius 2 is 2.00 bits per heavy atom. The maximum absolute atomic E-state index is 14.3. The summed E-state index contributed by atoms with van der Waals surface area (Å²) in [5.41, 5.74) is -1.38. The van der Waals surface area contributed by atoms with E-state index in [1.165, 1.54) is 12.4 Å². The Morgan fingerprint density at radius 3 is 2.66 bits per heavy atom. The molecular weight excluding hydrogens is 410 g/mol. The van der Waals surface area contributed by atoms with Crippen molar-refractivity contribution in [3.63, 3.8) is 0 Å². The lowest BCUT2D eigenvalue weighted by Gasteiger charge is -2.14. The number of rotatable bonds is 4. The van der Waals surface area contributed by atoms with E-state index >= 15 is 0 Å². The molecule has 0 radical (unpaired) electrons. The molecule has 4 rings (SSSR count). The molecule has 1 aromatic carbocycles. The third-order valence-electron chi connectivity index (χ3n) is 4.89. The molecule has 0 atom stereocenters. The molecular formula is C19H12ClF4N5. The SMILES string of the molecule is N#CC1(c2cc3c(NCc4cccc(C(F)(F)F)c4F)ncnc3nc2Cl)CC1. The minimum absolute atomic E-state index is 0.163. The molecule has 0 amide bonds. The van der Waals surface area contributed by atoms with Gasteiger partial charge in [0.05, 0.1) is 22.4 Å². The summed E-state index contributed by atoms with van der Waals surface area (Å²) in [4.78, 5) is 12.3. The smallest absolute Gasteiger partial charge is 0.365 e. The molecule has 5 nitrogen and oxygen atoms in total. The molecule has 0 aliphatic heterocycles. The van der Waals surface area contributed by atoms with E-state index in [1.807, 2.05) is 0 Å². The zero-order chi connectivity index (χ0) is 20.8. The second-order valence-corrected chi connectivity index (χ2v) is 7.10. The summed E-state index contributed by atoms with van der Waals surface area (Å²) < 4.78 is 53.0. The predicted octanol–water partition coefficient (Wildman–Crippen LogP) is 5.00. The predicted molar refractivity (Wildman–Crippen MR) is 97.6 cm³/mol. The molecule has 1 aliphatic rings. The molecule has 0 bridgehead atoms. The highest BCUT2D eigenvalue weighted by atomic mass is 35.5. The molecule has 1 N–H and O–H groups in total. The van der Waals surface area contributed by atoms with Crippen LogP contribution in [0.1, 0.15) is 29.5 Å². The lowest BCUT2D eigenvalue weighted by atomic mass is 9.98. The van der Waals surface area contributed by atoms with E-state index in [9.17, 15) is 22.8 Å². The van der Waals surface area contributed by atoms with Crippen molar-refractivity contribution in [1.29, 1.82) is 5.26 Å². The fourth-order valence-electron chi connectivity index (χ4n) is 3.12. The van der Waals surface area contributed by atoms with Gasteiger partial charge in [0.1, 0.15) is 23.1 Å². The van der Waals surface area contributed by atoms with Gasteiger partial charge < -0.3 is 5.32 Å². The van der Waals surface area contributed by atoms with Gasteiger partial charge >= 0.3 is 6.18 Å². The van der Waals surface area contributed by atoms with Crippen molar-refractivity contribution in [3.05, 3.63) is 58.3 Å². The fourth-order valence-corrected chi connectivity index (χ4v) is 3.44. The number of benzene rings is 1. The van der Waals surface area contributed by atoms with Crippen LogP contribution in [0.15, 0.2) is 30.6 Å². The monoisotopic (exact) mass is 421 g/mol. The van der Waals surface area contributed by atoms with E-state index in [4.69, 9.17) is 11.6 Å². The molecule has 0 spiro atoms. The maximum atomic E-state index is 14.3. The summed E-state index contributed by atoms with van der Waals surface area (Å²) in [7, 11) is 0. The zero-order valence-electron chi connectivity index (χ0n) is 14.7. The van der Waals surface area contributed by atoms with Gasteiger partial charge in [0.25, 0.3) is 0 Å². The van der Waals surface area contributed by atoms with Crippen molar-refractivity contribution >= 4 is 28.5 Å². The minimum atomic E-state index is -4.78. The summed E-state index contributed by atoms with van der Waals surface area (Å²) in [6.07, 6.45) is -2.26. The Hall–Kier alpha value is -2.99. The molecule has 0 unspecified atom stereocenters. The van der Waals surface area contributed by atoms with Gasteiger partial charge in [-0.25, -0.2) is 19.3 Å². The van der Waals surface area contributed by atoms with Gasteiger partial charge in [0, 0.05) is 17.7 Å². The molecule has 1 saturated carbocycles. The standard InChI is InChI=1S/C19H12ClF4N5/c20-15-13(18(8-25)4-5-18)6-11-16(27-9-28-17(11)29-15)26-7-10-2-1-3-12(14(10)21)19(22,23)24/h1-3,6,9H,4-5,7H2,(H,26,27,28,29). The summed E-state index contributed by atoms with van der Waals surface area (Å²) in [5.74, 6) is -1.08. The van der Waals surface area contributed by atoms with E-state index in [-0.39, 0.29) is 28.7 Å². The first kappa shape index (κ1) is 19.3. The van der Waals surface area contributed by atoms with Crippen molar-refractivity contribution in [2.24, 2.45) is 0 Å². The Kier molecular flexibility index (Phi) is 4.54. The third-order valence-corrected chi connectivity index (χ3v) is 5.18. The first-order chi connectivity index (χ1) is 13.7. The average molecular weight is 422 g/mol. The first-order valence-electron chi connectivity index (χ1n) is 8.56. The van der Waals surface area contributed by atoms with Crippen LogP contribution in [0, 0.1) is 17.1 Å². The minimum Gasteiger partial charge on any atom is -0.365 e. The number of nitrogens with one attached hydrogen (secondary N) is 1. The number of anilines is 1. The largest absolute Gasteiger partial charge is 0.419 e.